The minimum Gasteiger partial charge on any atom is -0.396 e. The number of nitrogens with zero attached hydrogens (tertiary/aromatic N) is 2. The number of hydrogen-bond donors (Lipinski definition) is 3. The van der Waals surface area contributed by atoms with E-state index in [4.69, 9.17) is 0 Å². The number of aliphatic hydroxyl groups is 1. The largest absolute Gasteiger partial charge is 0.396 e. The predicted molar refractivity (Wildman–Crippen MR) is 94.4 cm³/mol. The van der Waals surface area contributed by atoms with Crippen LogP contribution in [0.15, 0.2) is 11.2 Å². The minimum absolute atomic E-state index is 0.128. The van der Waals surface area contributed by atoms with Crippen LogP contribution in [-0.4, -0.2) is 35.7 Å². The summed E-state index contributed by atoms with van der Waals surface area (Å²) in [6, 6.07) is 0. The van der Waals surface area contributed by atoms with Gasteiger partial charge in [0.15, 0.2) is 5.96 Å². The fourth-order valence-electron chi connectivity index (χ4n) is 2.41. The molecule has 0 aliphatic heterocycles. The van der Waals surface area contributed by atoms with E-state index >= 15 is 0 Å². The summed E-state index contributed by atoms with van der Waals surface area (Å²) in [7, 11) is 0. The fraction of sp³-hybridized carbons (Fsp3) is 0.750. The Hall–Kier alpha value is -1.14. The Labute approximate surface area is 138 Å². The van der Waals surface area contributed by atoms with Crippen LogP contribution >= 0.6 is 11.3 Å². The second kappa shape index (κ2) is 9.79. The second-order valence-electron chi connectivity index (χ2n) is 5.59. The smallest absolute Gasteiger partial charge is 0.191 e. The zero-order valence-corrected chi connectivity index (χ0v) is 15.1. The average molecular weight is 327 g/mol. The molecule has 0 bridgehead atoms. The van der Waals surface area contributed by atoms with Gasteiger partial charge < -0.3 is 15.7 Å². The molecule has 5 nitrogen and oxygen atoms in total. The Morgan fingerprint density at radius 1 is 1.32 bits per heavy atom. The lowest BCUT2D eigenvalue weighted by Gasteiger charge is -2.32. The van der Waals surface area contributed by atoms with E-state index in [2.05, 4.69) is 48.3 Å². The summed E-state index contributed by atoms with van der Waals surface area (Å²) in [5.74, 6) is 0.819. The molecule has 0 aromatic carbocycles. The Morgan fingerprint density at radius 3 is 2.55 bits per heavy atom. The van der Waals surface area contributed by atoms with Crippen molar-refractivity contribution >= 4 is 17.3 Å². The fourth-order valence-corrected chi connectivity index (χ4v) is 3.12. The number of hydrogen-bond acceptors (Lipinski definition) is 4. The lowest BCUT2D eigenvalue weighted by atomic mass is 9.79. The summed E-state index contributed by atoms with van der Waals surface area (Å²) in [4.78, 5) is 10.2. The Kier molecular flexibility index (Phi) is 8.42. The van der Waals surface area contributed by atoms with Crippen LogP contribution in [0.3, 0.4) is 0 Å². The van der Waals surface area contributed by atoms with Gasteiger partial charge in [0, 0.05) is 30.8 Å². The summed E-state index contributed by atoms with van der Waals surface area (Å²) in [5, 5.41) is 17.0. The molecule has 0 atom stereocenters. The van der Waals surface area contributed by atoms with Gasteiger partial charge in [-0.3, -0.25) is 0 Å². The molecule has 0 spiro atoms. The number of aliphatic imine (C=N–C) groups is 1. The molecule has 126 valence electrons. The lowest BCUT2D eigenvalue weighted by Crippen LogP contribution is -2.43. The van der Waals surface area contributed by atoms with Crippen molar-refractivity contribution in [2.45, 2.75) is 53.5 Å². The van der Waals surface area contributed by atoms with Crippen LogP contribution in [0.5, 0.6) is 0 Å². The normalized spacial score (nSPS) is 12.5. The van der Waals surface area contributed by atoms with Crippen molar-refractivity contribution in [2.75, 3.05) is 19.7 Å². The average Bonchev–Trinajstić information content (AvgIpc) is 2.94. The van der Waals surface area contributed by atoms with Crippen LogP contribution < -0.4 is 10.6 Å². The van der Waals surface area contributed by atoms with E-state index in [1.54, 1.807) is 11.3 Å². The molecule has 0 amide bonds. The van der Waals surface area contributed by atoms with Gasteiger partial charge in [-0.05, 0) is 38.5 Å². The van der Waals surface area contributed by atoms with Crippen LogP contribution in [0.4, 0.5) is 0 Å². The first-order chi connectivity index (χ1) is 10.6. The highest BCUT2D eigenvalue weighted by molar-refractivity contribution is 7.11. The van der Waals surface area contributed by atoms with E-state index in [0.29, 0.717) is 6.54 Å². The molecule has 1 heterocycles. The second-order valence-corrected chi connectivity index (χ2v) is 6.91. The van der Waals surface area contributed by atoms with Gasteiger partial charge in [0.1, 0.15) is 5.01 Å². The molecule has 1 aromatic rings. The molecule has 0 aliphatic rings. The number of aromatic nitrogens is 1. The van der Waals surface area contributed by atoms with Crippen molar-refractivity contribution in [3.8, 4) is 0 Å². The molecule has 6 heteroatoms. The zero-order valence-electron chi connectivity index (χ0n) is 14.3. The van der Waals surface area contributed by atoms with Gasteiger partial charge in [0.25, 0.3) is 0 Å². The highest BCUT2D eigenvalue weighted by Gasteiger charge is 2.25. The summed E-state index contributed by atoms with van der Waals surface area (Å²) in [6.45, 7) is 11.0. The Bertz CT molecular complexity index is 455. The highest BCUT2D eigenvalue weighted by Crippen LogP contribution is 2.29. The van der Waals surface area contributed by atoms with Crippen molar-refractivity contribution < 1.29 is 5.11 Å². The Morgan fingerprint density at radius 2 is 2.05 bits per heavy atom. The van der Waals surface area contributed by atoms with E-state index in [1.807, 2.05) is 6.20 Å². The van der Waals surface area contributed by atoms with E-state index < -0.39 is 0 Å². The highest BCUT2D eigenvalue weighted by atomic mass is 32.1. The standard InChI is InChI=1S/C16H30N4OS/c1-5-16(6-2,8-9-21)12-20-15(17-7-3)19-11-14-18-10-13(4)22-14/h10,21H,5-9,11-12H2,1-4H3,(H2,17,19,20). The molecule has 0 fully saturated rings. The van der Waals surface area contributed by atoms with Gasteiger partial charge in [-0.25, -0.2) is 9.98 Å². The van der Waals surface area contributed by atoms with Crippen molar-refractivity contribution in [3.05, 3.63) is 16.1 Å². The van der Waals surface area contributed by atoms with Crippen LogP contribution in [0.2, 0.25) is 0 Å². The maximum Gasteiger partial charge on any atom is 0.191 e. The number of aryl methyl sites for hydroxylation is 1. The van der Waals surface area contributed by atoms with Crippen LogP contribution in [0.1, 0.15) is 49.9 Å². The quantitative estimate of drug-likeness (QED) is 0.482. The van der Waals surface area contributed by atoms with Gasteiger partial charge in [-0.2, -0.15) is 0 Å². The third-order valence-electron chi connectivity index (χ3n) is 4.16. The van der Waals surface area contributed by atoms with E-state index in [0.717, 1.165) is 43.3 Å². The molecule has 0 saturated heterocycles. The number of thiazole rings is 1. The summed E-state index contributed by atoms with van der Waals surface area (Å²) in [6.07, 6.45) is 4.79. The van der Waals surface area contributed by atoms with Crippen LogP contribution in [0, 0.1) is 12.3 Å². The zero-order chi connectivity index (χ0) is 16.4. The number of aliphatic hydroxyl groups excluding tert-OH is 1. The number of nitrogens with one attached hydrogen (secondary N) is 2. The molecule has 0 aliphatic carbocycles. The SMILES string of the molecule is CCNC(=NCc1ncc(C)s1)NCC(CC)(CC)CCO. The van der Waals surface area contributed by atoms with Crippen molar-refractivity contribution in [2.24, 2.45) is 10.4 Å². The lowest BCUT2D eigenvalue weighted by molar-refractivity contribution is 0.169. The molecule has 3 N–H and O–H groups in total. The van der Waals surface area contributed by atoms with E-state index in [1.165, 1.54) is 4.88 Å². The van der Waals surface area contributed by atoms with E-state index in [-0.39, 0.29) is 12.0 Å². The molecule has 22 heavy (non-hydrogen) atoms. The maximum atomic E-state index is 9.31. The Balaban J connectivity index is 2.66. The van der Waals surface area contributed by atoms with E-state index in [9.17, 15) is 5.11 Å². The van der Waals surface area contributed by atoms with Crippen molar-refractivity contribution in [3.63, 3.8) is 0 Å². The van der Waals surface area contributed by atoms with Crippen LogP contribution in [0.25, 0.3) is 0 Å². The molecule has 0 unspecified atom stereocenters. The summed E-state index contributed by atoms with van der Waals surface area (Å²) >= 11 is 1.68. The third-order valence-corrected chi connectivity index (χ3v) is 5.06. The monoisotopic (exact) mass is 326 g/mol. The summed E-state index contributed by atoms with van der Waals surface area (Å²) in [5.41, 5.74) is 0.128. The first-order valence-corrected chi connectivity index (χ1v) is 8.95. The first kappa shape index (κ1) is 18.9. The number of rotatable bonds is 9. The minimum atomic E-state index is 0.128. The molecular formula is C16H30N4OS. The van der Waals surface area contributed by atoms with Gasteiger partial charge in [0.2, 0.25) is 0 Å². The first-order valence-electron chi connectivity index (χ1n) is 8.13. The molecule has 0 saturated carbocycles. The summed E-state index contributed by atoms with van der Waals surface area (Å²) < 4.78 is 0. The van der Waals surface area contributed by atoms with Crippen molar-refractivity contribution in [1.29, 1.82) is 0 Å². The number of guanidine groups is 1. The third kappa shape index (κ3) is 5.93. The molecular weight excluding hydrogens is 296 g/mol. The van der Waals surface area contributed by atoms with Crippen molar-refractivity contribution in [1.82, 2.24) is 15.6 Å². The van der Waals surface area contributed by atoms with Gasteiger partial charge in [-0.1, -0.05) is 13.8 Å². The van der Waals surface area contributed by atoms with Crippen LogP contribution in [-0.2, 0) is 6.54 Å². The molecule has 1 rings (SSSR count). The van der Waals surface area contributed by atoms with Gasteiger partial charge >= 0.3 is 0 Å². The molecule has 0 radical (unpaired) electrons. The topological polar surface area (TPSA) is 69.5 Å². The van der Waals surface area contributed by atoms with Gasteiger partial charge in [-0.15, -0.1) is 11.3 Å². The van der Waals surface area contributed by atoms with Gasteiger partial charge in [0.05, 0.1) is 6.54 Å². The molecule has 1 aromatic heterocycles. The maximum absolute atomic E-state index is 9.31. The predicted octanol–water partition coefficient (Wildman–Crippen LogP) is 2.70.